The zero-order valence-corrected chi connectivity index (χ0v) is 11.0. The lowest BCUT2D eigenvalue weighted by molar-refractivity contribution is 0.0594. The summed E-state index contributed by atoms with van der Waals surface area (Å²) in [5, 5.41) is 3.48. The monoisotopic (exact) mass is 248 g/mol. The Balaban J connectivity index is 2.02. The molecule has 98 valence electrons. The van der Waals surface area contributed by atoms with E-state index in [9.17, 15) is 4.79 Å². The summed E-state index contributed by atoms with van der Waals surface area (Å²) in [6.07, 6.45) is 6.62. The van der Waals surface area contributed by atoms with E-state index in [1.54, 1.807) is 12.3 Å². The summed E-state index contributed by atoms with van der Waals surface area (Å²) in [4.78, 5) is 15.4. The summed E-state index contributed by atoms with van der Waals surface area (Å²) in [5.41, 5.74) is 1.30. The molecule has 1 saturated carbocycles. The molecule has 2 rings (SSSR count). The highest BCUT2D eigenvalue weighted by molar-refractivity contribution is 5.88. The highest BCUT2D eigenvalue weighted by Gasteiger charge is 2.19. The van der Waals surface area contributed by atoms with Gasteiger partial charge in [0.15, 0.2) is 0 Å². The standard InChI is InChI=1S/C14H20N2O2/c1-10-4-3-5-11(8-10)16-12-6-7-15-13(9-12)14(17)18-2/h6-7,9-11H,3-5,8H2,1-2H3,(H,15,16). The van der Waals surface area contributed by atoms with E-state index in [2.05, 4.69) is 22.0 Å². The molecule has 0 saturated heterocycles. The molecule has 4 heteroatoms. The van der Waals surface area contributed by atoms with Gasteiger partial charge >= 0.3 is 5.97 Å². The molecule has 1 aliphatic rings. The number of nitrogens with zero attached hydrogens (tertiary/aromatic N) is 1. The van der Waals surface area contributed by atoms with Crippen molar-refractivity contribution in [1.29, 1.82) is 0 Å². The number of esters is 1. The van der Waals surface area contributed by atoms with Crippen LogP contribution in [0.2, 0.25) is 0 Å². The van der Waals surface area contributed by atoms with Gasteiger partial charge in [-0.25, -0.2) is 9.78 Å². The van der Waals surface area contributed by atoms with Crippen LogP contribution in [-0.4, -0.2) is 24.1 Å². The van der Waals surface area contributed by atoms with Crippen molar-refractivity contribution in [3.8, 4) is 0 Å². The van der Waals surface area contributed by atoms with E-state index in [0.29, 0.717) is 11.7 Å². The second-order valence-electron chi connectivity index (χ2n) is 5.03. The third-order valence-electron chi connectivity index (χ3n) is 3.46. The summed E-state index contributed by atoms with van der Waals surface area (Å²) < 4.78 is 4.67. The number of aromatic nitrogens is 1. The second kappa shape index (κ2) is 5.85. The topological polar surface area (TPSA) is 51.2 Å². The maximum atomic E-state index is 11.4. The molecular weight excluding hydrogens is 228 g/mol. The van der Waals surface area contributed by atoms with Crippen LogP contribution in [0.25, 0.3) is 0 Å². The molecule has 4 nitrogen and oxygen atoms in total. The van der Waals surface area contributed by atoms with E-state index in [-0.39, 0.29) is 0 Å². The Kier molecular flexibility index (Phi) is 4.18. The maximum Gasteiger partial charge on any atom is 0.356 e. The molecule has 0 bridgehead atoms. The first-order chi connectivity index (χ1) is 8.69. The Morgan fingerprint density at radius 2 is 2.33 bits per heavy atom. The van der Waals surface area contributed by atoms with Crippen molar-refractivity contribution in [1.82, 2.24) is 4.98 Å². The van der Waals surface area contributed by atoms with Crippen molar-refractivity contribution in [2.24, 2.45) is 5.92 Å². The van der Waals surface area contributed by atoms with E-state index < -0.39 is 5.97 Å². The smallest absolute Gasteiger partial charge is 0.356 e. The fourth-order valence-electron chi connectivity index (χ4n) is 2.54. The zero-order valence-electron chi connectivity index (χ0n) is 11.0. The minimum absolute atomic E-state index is 0.353. The Bertz CT molecular complexity index is 420. The average Bonchev–Trinajstić information content (AvgIpc) is 2.38. The molecule has 1 fully saturated rings. The van der Waals surface area contributed by atoms with Gasteiger partial charge in [-0.05, 0) is 30.9 Å². The summed E-state index contributed by atoms with van der Waals surface area (Å²) in [6, 6.07) is 4.15. The lowest BCUT2D eigenvalue weighted by atomic mass is 9.87. The van der Waals surface area contributed by atoms with E-state index in [4.69, 9.17) is 0 Å². The first-order valence-electron chi connectivity index (χ1n) is 6.50. The van der Waals surface area contributed by atoms with Gasteiger partial charge in [-0.3, -0.25) is 0 Å². The largest absolute Gasteiger partial charge is 0.464 e. The number of pyridine rings is 1. The van der Waals surface area contributed by atoms with Gasteiger partial charge in [0, 0.05) is 17.9 Å². The fourth-order valence-corrected chi connectivity index (χ4v) is 2.54. The number of carbonyl (C=O) groups excluding carboxylic acids is 1. The van der Waals surface area contributed by atoms with Gasteiger partial charge in [0.25, 0.3) is 0 Å². The maximum absolute atomic E-state index is 11.4. The van der Waals surface area contributed by atoms with Gasteiger partial charge < -0.3 is 10.1 Å². The van der Waals surface area contributed by atoms with Crippen LogP contribution in [0.15, 0.2) is 18.3 Å². The summed E-state index contributed by atoms with van der Waals surface area (Å²) in [7, 11) is 1.37. The van der Waals surface area contributed by atoms with Crippen molar-refractivity contribution in [2.75, 3.05) is 12.4 Å². The summed E-state index contributed by atoms with van der Waals surface area (Å²) in [6.45, 7) is 2.29. The van der Waals surface area contributed by atoms with Crippen LogP contribution < -0.4 is 5.32 Å². The van der Waals surface area contributed by atoms with E-state index in [1.807, 2.05) is 6.07 Å². The number of rotatable bonds is 3. The zero-order chi connectivity index (χ0) is 13.0. The lowest BCUT2D eigenvalue weighted by Crippen LogP contribution is -2.26. The molecular formula is C14H20N2O2. The molecule has 0 spiro atoms. The predicted octanol–water partition coefficient (Wildman–Crippen LogP) is 2.86. The Morgan fingerprint density at radius 3 is 3.06 bits per heavy atom. The molecule has 1 aromatic heterocycles. The van der Waals surface area contributed by atoms with Crippen LogP contribution in [0.5, 0.6) is 0 Å². The van der Waals surface area contributed by atoms with Crippen molar-refractivity contribution in [3.05, 3.63) is 24.0 Å². The van der Waals surface area contributed by atoms with Crippen LogP contribution in [0, 0.1) is 5.92 Å². The minimum Gasteiger partial charge on any atom is -0.464 e. The Labute approximate surface area is 108 Å². The molecule has 2 atom stereocenters. The number of ether oxygens (including phenoxy) is 1. The number of carbonyl (C=O) groups is 1. The van der Waals surface area contributed by atoms with Gasteiger partial charge in [-0.15, -0.1) is 0 Å². The van der Waals surface area contributed by atoms with Crippen molar-refractivity contribution in [2.45, 2.75) is 38.6 Å². The third-order valence-corrected chi connectivity index (χ3v) is 3.46. The van der Waals surface area contributed by atoms with Crippen LogP contribution in [0.3, 0.4) is 0 Å². The first-order valence-corrected chi connectivity index (χ1v) is 6.50. The van der Waals surface area contributed by atoms with Gasteiger partial charge in [-0.1, -0.05) is 19.8 Å². The minimum atomic E-state index is -0.393. The highest BCUT2D eigenvalue weighted by atomic mass is 16.5. The normalized spacial score (nSPS) is 23.4. The predicted molar refractivity (Wildman–Crippen MR) is 70.6 cm³/mol. The molecule has 1 N–H and O–H groups in total. The molecule has 1 aliphatic carbocycles. The van der Waals surface area contributed by atoms with Gasteiger partial charge in [0.1, 0.15) is 5.69 Å². The van der Waals surface area contributed by atoms with Gasteiger partial charge in [-0.2, -0.15) is 0 Å². The third kappa shape index (κ3) is 3.22. The van der Waals surface area contributed by atoms with E-state index in [1.165, 1.54) is 32.8 Å². The molecule has 1 heterocycles. The quantitative estimate of drug-likeness (QED) is 0.836. The number of nitrogens with one attached hydrogen (secondary N) is 1. The first kappa shape index (κ1) is 12.9. The second-order valence-corrected chi connectivity index (χ2v) is 5.03. The number of hydrogen-bond donors (Lipinski definition) is 1. The Morgan fingerprint density at radius 1 is 1.50 bits per heavy atom. The van der Waals surface area contributed by atoms with Crippen LogP contribution >= 0.6 is 0 Å². The summed E-state index contributed by atoms with van der Waals surface area (Å²) in [5.74, 6) is 0.383. The lowest BCUT2D eigenvalue weighted by Gasteiger charge is -2.28. The number of hydrogen-bond acceptors (Lipinski definition) is 4. The van der Waals surface area contributed by atoms with Crippen LogP contribution in [0.1, 0.15) is 43.1 Å². The average molecular weight is 248 g/mol. The van der Waals surface area contributed by atoms with Crippen molar-refractivity contribution >= 4 is 11.7 Å². The SMILES string of the molecule is COC(=O)c1cc(NC2CCCC(C)C2)ccn1. The van der Waals surface area contributed by atoms with Crippen molar-refractivity contribution in [3.63, 3.8) is 0 Å². The van der Waals surface area contributed by atoms with E-state index >= 15 is 0 Å². The molecule has 0 amide bonds. The van der Waals surface area contributed by atoms with Gasteiger partial charge in [0.05, 0.1) is 7.11 Å². The fraction of sp³-hybridized carbons (Fsp3) is 0.571. The molecule has 0 radical (unpaired) electrons. The van der Waals surface area contributed by atoms with Crippen molar-refractivity contribution < 1.29 is 9.53 Å². The summed E-state index contributed by atoms with van der Waals surface area (Å²) >= 11 is 0. The highest BCUT2D eigenvalue weighted by Crippen LogP contribution is 2.26. The van der Waals surface area contributed by atoms with Gasteiger partial charge in [0.2, 0.25) is 0 Å². The Hall–Kier alpha value is -1.58. The molecule has 2 unspecified atom stereocenters. The number of methoxy groups -OCH3 is 1. The van der Waals surface area contributed by atoms with E-state index in [0.717, 1.165) is 11.6 Å². The number of anilines is 1. The van der Waals surface area contributed by atoms with Crippen LogP contribution in [0.4, 0.5) is 5.69 Å². The molecule has 18 heavy (non-hydrogen) atoms. The molecule has 0 aliphatic heterocycles. The molecule has 1 aromatic rings. The molecule has 0 aromatic carbocycles. The van der Waals surface area contributed by atoms with Crippen LogP contribution in [-0.2, 0) is 4.74 Å².